The lowest BCUT2D eigenvalue weighted by Gasteiger charge is -2.41. The summed E-state index contributed by atoms with van der Waals surface area (Å²) in [6.45, 7) is 1.93. The Kier molecular flexibility index (Phi) is 5.01. The Balaban J connectivity index is 1.51. The van der Waals surface area contributed by atoms with Gasteiger partial charge in [-0.25, -0.2) is 0 Å². The van der Waals surface area contributed by atoms with Crippen LogP contribution in [0.1, 0.15) is 44.9 Å². The third-order valence-electron chi connectivity index (χ3n) is 5.97. The molecule has 0 aromatic rings. The van der Waals surface area contributed by atoms with E-state index >= 15 is 0 Å². The molecule has 1 N–H and O–H groups in total. The third kappa shape index (κ3) is 3.29. The van der Waals surface area contributed by atoms with Gasteiger partial charge >= 0.3 is 0 Å². The topological polar surface area (TPSA) is 60.9 Å². The molecule has 124 valence electrons. The highest BCUT2D eigenvalue weighted by molar-refractivity contribution is 5.80. The number of amides is 2. The fourth-order valence-corrected chi connectivity index (χ4v) is 4.63. The summed E-state index contributed by atoms with van der Waals surface area (Å²) in [7, 11) is 0. The maximum Gasteiger partial charge on any atom is 0.248 e. The zero-order valence-electron chi connectivity index (χ0n) is 13.4. The van der Waals surface area contributed by atoms with Crippen molar-refractivity contribution in [3.8, 4) is 0 Å². The Labute approximate surface area is 132 Å². The summed E-state index contributed by atoms with van der Waals surface area (Å²) in [5.74, 6) is 1.93. The Morgan fingerprint density at radius 3 is 2.18 bits per heavy atom. The molecule has 5 nitrogen and oxygen atoms in total. The van der Waals surface area contributed by atoms with Crippen molar-refractivity contribution in [2.45, 2.75) is 44.9 Å². The van der Waals surface area contributed by atoms with Gasteiger partial charge in [0.2, 0.25) is 11.8 Å². The molecule has 22 heavy (non-hydrogen) atoms. The molecule has 0 spiro atoms. The van der Waals surface area contributed by atoms with Crippen LogP contribution in [0.3, 0.4) is 0 Å². The lowest BCUT2D eigenvalue weighted by atomic mass is 9.67. The first kappa shape index (κ1) is 15.8. The van der Waals surface area contributed by atoms with Crippen LogP contribution in [0.25, 0.3) is 0 Å². The summed E-state index contributed by atoms with van der Waals surface area (Å²) in [5, 5.41) is 8.90. The number of carbonyl (C=O) groups is 2. The minimum absolute atomic E-state index is 0.208. The van der Waals surface area contributed by atoms with E-state index in [0.717, 1.165) is 24.7 Å². The Morgan fingerprint density at radius 1 is 0.864 bits per heavy atom. The molecule has 1 aliphatic heterocycles. The number of rotatable bonds is 2. The Morgan fingerprint density at radius 2 is 1.50 bits per heavy atom. The van der Waals surface area contributed by atoms with Crippen LogP contribution in [0, 0.1) is 17.8 Å². The second-order valence-corrected chi connectivity index (χ2v) is 7.18. The number of aliphatic hydroxyl groups is 1. The fourth-order valence-electron chi connectivity index (χ4n) is 4.63. The summed E-state index contributed by atoms with van der Waals surface area (Å²) in [6.07, 6.45) is 8.75. The van der Waals surface area contributed by atoms with Crippen LogP contribution in [0.2, 0.25) is 0 Å². The molecule has 0 aromatic carbocycles. The summed E-state index contributed by atoms with van der Waals surface area (Å²) in [6, 6.07) is 0. The highest BCUT2D eigenvalue weighted by Crippen LogP contribution is 2.43. The zero-order chi connectivity index (χ0) is 15.5. The molecule has 1 saturated heterocycles. The van der Waals surface area contributed by atoms with E-state index in [1.165, 1.54) is 32.1 Å². The standard InChI is InChI=1S/C17H28N2O3/c20-12-16(21)18-7-9-19(10-8-18)17(22)15-6-5-13-3-1-2-4-14(13)11-15/h13-15,20H,1-12H2. The monoisotopic (exact) mass is 308 g/mol. The molecule has 0 radical (unpaired) electrons. The lowest BCUT2D eigenvalue weighted by molar-refractivity contribution is -0.144. The van der Waals surface area contributed by atoms with Gasteiger partial charge in [-0.2, -0.15) is 0 Å². The van der Waals surface area contributed by atoms with E-state index in [-0.39, 0.29) is 11.8 Å². The largest absolute Gasteiger partial charge is 0.387 e. The molecule has 3 fully saturated rings. The molecule has 3 unspecified atom stereocenters. The maximum atomic E-state index is 12.7. The number of aliphatic hydroxyl groups excluding tert-OH is 1. The van der Waals surface area contributed by atoms with E-state index in [4.69, 9.17) is 5.11 Å². The molecule has 3 rings (SSSR count). The van der Waals surface area contributed by atoms with Crippen molar-refractivity contribution in [2.24, 2.45) is 17.8 Å². The van der Waals surface area contributed by atoms with E-state index in [2.05, 4.69) is 0 Å². The number of fused-ring (bicyclic) bond motifs is 1. The van der Waals surface area contributed by atoms with Gasteiger partial charge in [0.1, 0.15) is 6.61 Å². The number of hydrogen-bond acceptors (Lipinski definition) is 3. The van der Waals surface area contributed by atoms with Gasteiger partial charge in [0.05, 0.1) is 0 Å². The predicted octanol–water partition coefficient (Wildman–Crippen LogP) is 1.26. The van der Waals surface area contributed by atoms with Gasteiger partial charge in [-0.15, -0.1) is 0 Å². The summed E-state index contributed by atoms with van der Waals surface area (Å²) in [5.41, 5.74) is 0. The summed E-state index contributed by atoms with van der Waals surface area (Å²) >= 11 is 0. The molecule has 0 aromatic heterocycles. The molecule has 2 aliphatic carbocycles. The quantitative estimate of drug-likeness (QED) is 0.835. The number of carbonyl (C=O) groups excluding carboxylic acids is 2. The average Bonchev–Trinajstić information content (AvgIpc) is 2.60. The molecule has 3 aliphatic rings. The molecule has 3 atom stereocenters. The van der Waals surface area contributed by atoms with Crippen LogP contribution in [-0.4, -0.2) is 59.5 Å². The molecule has 0 bridgehead atoms. The summed E-state index contributed by atoms with van der Waals surface area (Å²) in [4.78, 5) is 27.8. The zero-order valence-corrected chi connectivity index (χ0v) is 13.4. The molecular formula is C17H28N2O3. The molecule has 2 saturated carbocycles. The van der Waals surface area contributed by atoms with Gasteiger partial charge in [0.25, 0.3) is 0 Å². The number of hydrogen-bond donors (Lipinski definition) is 1. The maximum absolute atomic E-state index is 12.7. The van der Waals surface area contributed by atoms with Gasteiger partial charge in [-0.3, -0.25) is 9.59 Å². The first-order valence-corrected chi connectivity index (χ1v) is 8.86. The van der Waals surface area contributed by atoms with Gasteiger partial charge < -0.3 is 14.9 Å². The van der Waals surface area contributed by atoms with E-state index in [1.54, 1.807) is 4.90 Å². The van der Waals surface area contributed by atoms with Crippen molar-refractivity contribution >= 4 is 11.8 Å². The van der Waals surface area contributed by atoms with Crippen LogP contribution in [0.5, 0.6) is 0 Å². The first-order chi connectivity index (χ1) is 10.7. The normalized spacial score (nSPS) is 32.5. The van der Waals surface area contributed by atoms with Gasteiger partial charge in [-0.05, 0) is 31.1 Å². The highest BCUT2D eigenvalue weighted by atomic mass is 16.3. The van der Waals surface area contributed by atoms with Crippen molar-refractivity contribution in [1.82, 2.24) is 9.80 Å². The van der Waals surface area contributed by atoms with Crippen molar-refractivity contribution in [1.29, 1.82) is 0 Å². The van der Waals surface area contributed by atoms with Crippen LogP contribution in [0.4, 0.5) is 0 Å². The SMILES string of the molecule is O=C(CO)N1CCN(C(=O)C2CCC3CCCCC3C2)CC1. The molecular weight excluding hydrogens is 280 g/mol. The lowest BCUT2D eigenvalue weighted by Crippen LogP contribution is -2.53. The molecule has 1 heterocycles. The smallest absolute Gasteiger partial charge is 0.248 e. The third-order valence-corrected chi connectivity index (χ3v) is 5.97. The second kappa shape index (κ2) is 6.99. The van der Waals surface area contributed by atoms with Crippen molar-refractivity contribution < 1.29 is 14.7 Å². The molecule has 5 heteroatoms. The average molecular weight is 308 g/mol. The Bertz CT molecular complexity index is 418. The predicted molar refractivity (Wildman–Crippen MR) is 83.0 cm³/mol. The van der Waals surface area contributed by atoms with Gasteiger partial charge in [-0.1, -0.05) is 25.7 Å². The van der Waals surface area contributed by atoms with Crippen molar-refractivity contribution in [3.05, 3.63) is 0 Å². The van der Waals surface area contributed by atoms with Crippen LogP contribution >= 0.6 is 0 Å². The second-order valence-electron chi connectivity index (χ2n) is 7.18. The van der Waals surface area contributed by atoms with Gasteiger partial charge in [0, 0.05) is 32.1 Å². The fraction of sp³-hybridized carbons (Fsp3) is 0.882. The number of nitrogens with zero attached hydrogens (tertiary/aromatic N) is 2. The van der Waals surface area contributed by atoms with Crippen molar-refractivity contribution in [3.63, 3.8) is 0 Å². The van der Waals surface area contributed by atoms with Crippen molar-refractivity contribution in [2.75, 3.05) is 32.8 Å². The van der Waals surface area contributed by atoms with Crippen LogP contribution in [0.15, 0.2) is 0 Å². The van der Waals surface area contributed by atoms with E-state index in [9.17, 15) is 9.59 Å². The minimum Gasteiger partial charge on any atom is -0.387 e. The van der Waals surface area contributed by atoms with E-state index in [1.807, 2.05) is 4.90 Å². The highest BCUT2D eigenvalue weighted by Gasteiger charge is 2.37. The van der Waals surface area contributed by atoms with Crippen LogP contribution in [-0.2, 0) is 9.59 Å². The Hall–Kier alpha value is -1.10. The van der Waals surface area contributed by atoms with Crippen LogP contribution < -0.4 is 0 Å². The molecule has 2 amide bonds. The number of piperazine rings is 1. The van der Waals surface area contributed by atoms with Gasteiger partial charge in [0.15, 0.2) is 0 Å². The summed E-state index contributed by atoms with van der Waals surface area (Å²) < 4.78 is 0. The van der Waals surface area contributed by atoms with E-state index < -0.39 is 6.61 Å². The van der Waals surface area contributed by atoms with E-state index in [0.29, 0.717) is 32.1 Å². The first-order valence-electron chi connectivity index (χ1n) is 8.86. The minimum atomic E-state index is -0.431.